The second kappa shape index (κ2) is 9.11. The van der Waals surface area contributed by atoms with Crippen LogP contribution in [-0.4, -0.2) is 49.4 Å². The van der Waals surface area contributed by atoms with Crippen molar-refractivity contribution < 1.29 is 17.9 Å². The molecule has 0 N–H and O–H groups in total. The molecule has 2 aliphatic rings. The van der Waals surface area contributed by atoms with E-state index in [0.29, 0.717) is 17.7 Å². The highest BCUT2D eigenvalue weighted by molar-refractivity contribution is 7.91. The molecule has 2 fully saturated rings. The molecule has 0 radical (unpaired) electrons. The summed E-state index contributed by atoms with van der Waals surface area (Å²) in [5, 5.41) is 8.92. The maximum absolute atomic E-state index is 13.0. The van der Waals surface area contributed by atoms with Crippen molar-refractivity contribution in [3.05, 3.63) is 54.1 Å². The van der Waals surface area contributed by atoms with Gasteiger partial charge < -0.3 is 9.64 Å². The Morgan fingerprint density at radius 3 is 2.13 bits per heavy atom. The quantitative estimate of drug-likeness (QED) is 0.688. The van der Waals surface area contributed by atoms with Crippen molar-refractivity contribution >= 4 is 15.7 Å². The highest BCUT2D eigenvalue weighted by atomic mass is 32.2. The first-order valence-electron chi connectivity index (χ1n) is 10.7. The second-order valence-corrected chi connectivity index (χ2v) is 10.5. The van der Waals surface area contributed by atoms with Gasteiger partial charge in [0.1, 0.15) is 5.75 Å². The van der Waals surface area contributed by atoms with Crippen LogP contribution in [-0.2, 0) is 14.6 Å². The Morgan fingerprint density at radius 1 is 0.968 bits per heavy atom. The highest BCUT2D eigenvalue weighted by Crippen LogP contribution is 2.29. The van der Waals surface area contributed by atoms with E-state index in [2.05, 4.69) is 6.07 Å². The van der Waals surface area contributed by atoms with Crippen LogP contribution in [0.2, 0.25) is 0 Å². The third-order valence-corrected chi connectivity index (χ3v) is 7.92. The second-order valence-electron chi connectivity index (χ2n) is 8.30. The summed E-state index contributed by atoms with van der Waals surface area (Å²) < 4.78 is 29.7. The van der Waals surface area contributed by atoms with Crippen molar-refractivity contribution in [1.82, 2.24) is 4.90 Å². The number of rotatable bonds is 6. The normalized spacial score (nSPS) is 20.3. The molecule has 7 heteroatoms. The standard InChI is InChI=1S/C24H26N2O4S/c25-15-18-5-7-19(8-6-18)20-9-11-23(12-10-20)30-16-24(27)26(21-3-1-2-4-21)22-13-14-31(28,29)17-22/h5-12,21-22H,1-4,13-14,16-17H2/t22-/m0/s1. The number of nitrogens with zero attached hydrogens (tertiary/aromatic N) is 2. The van der Waals surface area contributed by atoms with Crippen molar-refractivity contribution in [2.24, 2.45) is 0 Å². The number of hydrogen-bond donors (Lipinski definition) is 0. The van der Waals surface area contributed by atoms with Crippen molar-refractivity contribution in [3.8, 4) is 22.9 Å². The average molecular weight is 439 g/mol. The smallest absolute Gasteiger partial charge is 0.261 e. The number of amides is 1. The Labute approximate surface area is 183 Å². The van der Waals surface area contributed by atoms with Gasteiger partial charge in [-0.3, -0.25) is 4.79 Å². The number of carbonyl (C=O) groups is 1. The maximum Gasteiger partial charge on any atom is 0.261 e. The molecule has 0 aromatic heterocycles. The largest absolute Gasteiger partial charge is 0.484 e. The van der Waals surface area contributed by atoms with Gasteiger partial charge in [-0.1, -0.05) is 37.1 Å². The fourth-order valence-corrected chi connectivity index (χ4v) is 6.29. The number of benzene rings is 2. The van der Waals surface area contributed by atoms with Gasteiger partial charge >= 0.3 is 0 Å². The lowest BCUT2D eigenvalue weighted by molar-refractivity contribution is -0.137. The molecule has 0 unspecified atom stereocenters. The number of nitriles is 1. The summed E-state index contributed by atoms with van der Waals surface area (Å²) in [6.07, 6.45) is 4.53. The topological polar surface area (TPSA) is 87.5 Å². The molecule has 2 aromatic carbocycles. The summed E-state index contributed by atoms with van der Waals surface area (Å²) >= 11 is 0. The third-order valence-electron chi connectivity index (χ3n) is 6.17. The predicted molar refractivity (Wildman–Crippen MR) is 118 cm³/mol. The zero-order valence-electron chi connectivity index (χ0n) is 17.4. The van der Waals surface area contributed by atoms with Crippen LogP contribution in [0.15, 0.2) is 48.5 Å². The molecule has 6 nitrogen and oxygen atoms in total. The van der Waals surface area contributed by atoms with Crippen molar-refractivity contribution in [3.63, 3.8) is 0 Å². The van der Waals surface area contributed by atoms with Gasteiger partial charge in [-0.05, 0) is 54.7 Å². The highest BCUT2D eigenvalue weighted by Gasteiger charge is 2.39. The van der Waals surface area contributed by atoms with Gasteiger partial charge in [0.05, 0.1) is 23.1 Å². The zero-order chi connectivity index (χ0) is 21.8. The summed E-state index contributed by atoms with van der Waals surface area (Å²) in [6, 6.07) is 16.8. The van der Waals surface area contributed by atoms with Crippen LogP contribution in [0.25, 0.3) is 11.1 Å². The lowest BCUT2D eigenvalue weighted by Gasteiger charge is -2.34. The van der Waals surface area contributed by atoms with E-state index in [1.807, 2.05) is 41.3 Å². The fraction of sp³-hybridized carbons (Fsp3) is 0.417. The molecule has 1 saturated heterocycles. The van der Waals surface area contributed by atoms with Crippen LogP contribution in [0.3, 0.4) is 0 Å². The van der Waals surface area contributed by atoms with Crippen LogP contribution < -0.4 is 4.74 Å². The molecule has 1 saturated carbocycles. The molecule has 1 amide bonds. The van der Waals surface area contributed by atoms with E-state index in [0.717, 1.165) is 36.8 Å². The molecular weight excluding hydrogens is 412 g/mol. The van der Waals surface area contributed by atoms with Gasteiger partial charge in [-0.2, -0.15) is 5.26 Å². The van der Waals surface area contributed by atoms with Gasteiger partial charge in [0, 0.05) is 12.1 Å². The van der Waals surface area contributed by atoms with E-state index in [-0.39, 0.29) is 36.1 Å². The van der Waals surface area contributed by atoms with E-state index < -0.39 is 9.84 Å². The number of carbonyl (C=O) groups excluding carboxylic acids is 1. The zero-order valence-corrected chi connectivity index (χ0v) is 18.2. The SMILES string of the molecule is N#Cc1ccc(-c2ccc(OCC(=O)N(C3CCCC3)[C@H]3CCS(=O)(=O)C3)cc2)cc1. The van der Waals surface area contributed by atoms with Crippen LogP contribution in [0.4, 0.5) is 0 Å². The molecule has 1 atom stereocenters. The van der Waals surface area contributed by atoms with Crippen molar-refractivity contribution in [2.75, 3.05) is 18.1 Å². The molecule has 2 aromatic rings. The maximum atomic E-state index is 13.0. The summed E-state index contributed by atoms with van der Waals surface area (Å²) in [5.41, 5.74) is 2.60. The summed E-state index contributed by atoms with van der Waals surface area (Å²) in [7, 11) is -3.06. The average Bonchev–Trinajstić information content (AvgIpc) is 3.43. The first kappa shape index (κ1) is 21.4. The minimum atomic E-state index is -3.06. The molecule has 1 heterocycles. The number of hydrogen-bond acceptors (Lipinski definition) is 5. The van der Waals surface area contributed by atoms with Crippen molar-refractivity contribution in [1.29, 1.82) is 5.26 Å². The van der Waals surface area contributed by atoms with Crippen LogP contribution >= 0.6 is 0 Å². The molecule has 31 heavy (non-hydrogen) atoms. The van der Waals surface area contributed by atoms with Gasteiger partial charge in [-0.15, -0.1) is 0 Å². The minimum Gasteiger partial charge on any atom is -0.484 e. The van der Waals surface area contributed by atoms with E-state index in [4.69, 9.17) is 10.00 Å². The van der Waals surface area contributed by atoms with E-state index in [9.17, 15) is 13.2 Å². The molecule has 0 bridgehead atoms. The van der Waals surface area contributed by atoms with Gasteiger partial charge in [-0.25, -0.2) is 8.42 Å². The first-order valence-corrected chi connectivity index (χ1v) is 12.5. The van der Waals surface area contributed by atoms with E-state index in [1.54, 1.807) is 12.1 Å². The minimum absolute atomic E-state index is 0.0640. The molecule has 162 valence electrons. The lowest BCUT2D eigenvalue weighted by atomic mass is 10.0. The number of ether oxygens (including phenoxy) is 1. The molecule has 0 spiro atoms. The summed E-state index contributed by atoms with van der Waals surface area (Å²) in [6.45, 7) is -0.0940. The Kier molecular flexibility index (Phi) is 6.28. The molecule has 1 aliphatic carbocycles. The van der Waals surface area contributed by atoms with Crippen molar-refractivity contribution in [2.45, 2.75) is 44.2 Å². The van der Waals surface area contributed by atoms with Gasteiger partial charge in [0.15, 0.2) is 16.4 Å². The Hall–Kier alpha value is -2.85. The van der Waals surface area contributed by atoms with E-state index >= 15 is 0 Å². The van der Waals surface area contributed by atoms with Gasteiger partial charge in [0.25, 0.3) is 5.91 Å². The Bertz CT molecular complexity index is 1070. The van der Waals surface area contributed by atoms with E-state index in [1.165, 1.54) is 0 Å². The fourth-order valence-electron chi connectivity index (χ4n) is 4.58. The molecule has 4 rings (SSSR count). The van der Waals surface area contributed by atoms with Crippen LogP contribution in [0, 0.1) is 11.3 Å². The van der Waals surface area contributed by atoms with Crippen LogP contribution in [0.5, 0.6) is 5.75 Å². The third kappa shape index (κ3) is 5.08. The summed E-state index contributed by atoms with van der Waals surface area (Å²) in [4.78, 5) is 14.8. The Morgan fingerprint density at radius 2 is 1.58 bits per heavy atom. The first-order chi connectivity index (χ1) is 14.9. The Balaban J connectivity index is 1.40. The molecule has 1 aliphatic heterocycles. The monoisotopic (exact) mass is 438 g/mol. The van der Waals surface area contributed by atoms with Crippen LogP contribution in [0.1, 0.15) is 37.7 Å². The molecular formula is C24H26N2O4S. The van der Waals surface area contributed by atoms with Gasteiger partial charge in [0.2, 0.25) is 0 Å². The summed E-state index contributed by atoms with van der Waals surface area (Å²) in [5.74, 6) is 0.682. The number of sulfone groups is 1. The lowest BCUT2D eigenvalue weighted by Crippen LogP contribution is -2.48. The predicted octanol–water partition coefficient (Wildman–Crippen LogP) is 3.56.